The molecule has 0 unspecified atom stereocenters. The van der Waals surface area contributed by atoms with Gasteiger partial charge in [-0.15, -0.1) is 0 Å². The van der Waals surface area contributed by atoms with Gasteiger partial charge in [0.2, 0.25) is 0 Å². The van der Waals surface area contributed by atoms with E-state index in [4.69, 9.17) is 11.6 Å². The first-order valence-corrected chi connectivity index (χ1v) is 5.87. The third-order valence-electron chi connectivity index (χ3n) is 2.50. The van der Waals surface area contributed by atoms with Crippen LogP contribution in [0.4, 0.5) is 8.78 Å². The van der Waals surface area contributed by atoms with Gasteiger partial charge in [-0.25, -0.2) is 8.78 Å². The van der Waals surface area contributed by atoms with Gasteiger partial charge in [0.1, 0.15) is 11.6 Å². The lowest BCUT2D eigenvalue weighted by Gasteiger charge is -1.98. The minimum Gasteiger partial charge on any atom is -0.289 e. The Morgan fingerprint density at radius 3 is 2.42 bits per heavy atom. The molecule has 0 aliphatic heterocycles. The maximum atomic E-state index is 13.3. The summed E-state index contributed by atoms with van der Waals surface area (Å²) < 4.78 is 26.3. The van der Waals surface area contributed by atoms with Crippen LogP contribution in [0.25, 0.3) is 6.08 Å². The summed E-state index contributed by atoms with van der Waals surface area (Å²) in [5, 5.41) is 0.525. The molecule has 2 rings (SSSR count). The highest BCUT2D eigenvalue weighted by Gasteiger charge is 2.03. The van der Waals surface area contributed by atoms with E-state index in [1.54, 1.807) is 24.3 Å². The molecule has 0 fully saturated rings. The second-order valence-electron chi connectivity index (χ2n) is 3.87. The molecule has 0 saturated heterocycles. The molecular formula is C15H9ClF2O. The predicted molar refractivity (Wildman–Crippen MR) is 71.2 cm³/mol. The smallest absolute Gasteiger partial charge is 0.185 e. The number of hydrogen-bond donors (Lipinski definition) is 0. The fourth-order valence-corrected chi connectivity index (χ4v) is 1.64. The normalized spacial score (nSPS) is 10.9. The number of allylic oxidation sites excluding steroid dienone is 1. The maximum Gasteiger partial charge on any atom is 0.185 e. The van der Waals surface area contributed by atoms with Gasteiger partial charge in [-0.1, -0.05) is 11.6 Å². The molecule has 0 radical (unpaired) electrons. The van der Waals surface area contributed by atoms with Crippen molar-refractivity contribution in [3.63, 3.8) is 0 Å². The van der Waals surface area contributed by atoms with Crippen molar-refractivity contribution in [2.45, 2.75) is 0 Å². The van der Waals surface area contributed by atoms with Gasteiger partial charge in [-0.3, -0.25) is 4.79 Å². The van der Waals surface area contributed by atoms with E-state index in [1.165, 1.54) is 12.2 Å². The van der Waals surface area contributed by atoms with Crippen LogP contribution < -0.4 is 0 Å². The summed E-state index contributed by atoms with van der Waals surface area (Å²) in [4.78, 5) is 11.8. The second kappa shape index (κ2) is 5.76. The molecule has 0 atom stereocenters. The van der Waals surface area contributed by atoms with Crippen LogP contribution in [0.15, 0.2) is 48.5 Å². The second-order valence-corrected chi connectivity index (χ2v) is 4.31. The number of rotatable bonds is 3. The van der Waals surface area contributed by atoms with Crippen LogP contribution in [-0.4, -0.2) is 5.78 Å². The Balaban J connectivity index is 2.20. The molecule has 19 heavy (non-hydrogen) atoms. The SMILES string of the molecule is O=C(/C=C/c1cc(F)ccc1F)c1ccc(Cl)cc1. The van der Waals surface area contributed by atoms with Gasteiger partial charge in [-0.05, 0) is 54.6 Å². The maximum absolute atomic E-state index is 13.3. The van der Waals surface area contributed by atoms with Gasteiger partial charge in [0.25, 0.3) is 0 Å². The lowest BCUT2D eigenvalue weighted by Crippen LogP contribution is -1.93. The quantitative estimate of drug-likeness (QED) is 0.596. The fraction of sp³-hybridized carbons (Fsp3) is 0. The number of carbonyl (C=O) groups is 1. The molecule has 0 bridgehead atoms. The van der Waals surface area contributed by atoms with Gasteiger partial charge in [0.05, 0.1) is 0 Å². The standard InChI is InChI=1S/C15H9ClF2O/c16-12-4-1-10(2-5-12)15(19)8-3-11-9-13(17)6-7-14(11)18/h1-9H/b8-3+. The summed E-state index contributed by atoms with van der Waals surface area (Å²) in [6.07, 6.45) is 2.44. The number of ketones is 1. The first kappa shape index (κ1) is 13.4. The molecular weight excluding hydrogens is 270 g/mol. The zero-order valence-corrected chi connectivity index (χ0v) is 10.5. The minimum absolute atomic E-state index is 0.0299. The van der Waals surface area contributed by atoms with Crippen LogP contribution >= 0.6 is 11.6 Å². The summed E-state index contributed by atoms with van der Waals surface area (Å²) in [5.41, 5.74) is 0.458. The molecule has 4 heteroatoms. The Kier molecular flexibility index (Phi) is 4.07. The molecule has 0 N–H and O–H groups in total. The van der Waals surface area contributed by atoms with E-state index in [0.717, 1.165) is 18.2 Å². The van der Waals surface area contributed by atoms with Crippen LogP contribution in [0.5, 0.6) is 0 Å². The van der Waals surface area contributed by atoms with E-state index in [2.05, 4.69) is 0 Å². The van der Waals surface area contributed by atoms with Crippen molar-refractivity contribution in [2.24, 2.45) is 0 Å². The Morgan fingerprint density at radius 1 is 1.05 bits per heavy atom. The number of carbonyl (C=O) groups excluding carboxylic acids is 1. The predicted octanol–water partition coefficient (Wildman–Crippen LogP) is 4.51. The van der Waals surface area contributed by atoms with Gasteiger partial charge < -0.3 is 0 Å². The summed E-state index contributed by atoms with van der Waals surface area (Å²) in [6.45, 7) is 0. The van der Waals surface area contributed by atoms with E-state index in [1.807, 2.05) is 0 Å². The fourth-order valence-electron chi connectivity index (χ4n) is 1.52. The number of benzene rings is 2. The van der Waals surface area contributed by atoms with E-state index in [-0.39, 0.29) is 11.3 Å². The molecule has 1 nitrogen and oxygen atoms in total. The van der Waals surface area contributed by atoms with Crippen LogP contribution in [-0.2, 0) is 0 Å². The number of hydrogen-bond acceptors (Lipinski definition) is 1. The Hall–Kier alpha value is -2.00. The van der Waals surface area contributed by atoms with Crippen LogP contribution in [0.2, 0.25) is 5.02 Å². The minimum atomic E-state index is -0.582. The van der Waals surface area contributed by atoms with E-state index in [9.17, 15) is 13.6 Å². The average molecular weight is 279 g/mol. The van der Waals surface area contributed by atoms with Gasteiger partial charge in [0.15, 0.2) is 5.78 Å². The third kappa shape index (κ3) is 3.48. The molecule has 0 heterocycles. The van der Waals surface area contributed by atoms with E-state index < -0.39 is 11.6 Å². The lowest BCUT2D eigenvalue weighted by atomic mass is 10.1. The Morgan fingerprint density at radius 2 is 1.74 bits per heavy atom. The summed E-state index contributed by atoms with van der Waals surface area (Å²) >= 11 is 5.71. The van der Waals surface area contributed by atoms with E-state index in [0.29, 0.717) is 10.6 Å². The van der Waals surface area contributed by atoms with Gasteiger partial charge in [0, 0.05) is 16.1 Å². The monoisotopic (exact) mass is 278 g/mol. The van der Waals surface area contributed by atoms with Crippen molar-refractivity contribution < 1.29 is 13.6 Å². The summed E-state index contributed by atoms with van der Waals surface area (Å²) in [7, 11) is 0. The number of halogens is 3. The van der Waals surface area contributed by atoms with Crippen molar-refractivity contribution >= 4 is 23.5 Å². The molecule has 0 spiro atoms. The van der Waals surface area contributed by atoms with Gasteiger partial charge in [-0.2, -0.15) is 0 Å². The van der Waals surface area contributed by atoms with Crippen molar-refractivity contribution in [1.29, 1.82) is 0 Å². The van der Waals surface area contributed by atoms with Gasteiger partial charge >= 0.3 is 0 Å². The van der Waals surface area contributed by atoms with Crippen molar-refractivity contribution in [2.75, 3.05) is 0 Å². The van der Waals surface area contributed by atoms with E-state index >= 15 is 0 Å². The zero-order valence-electron chi connectivity index (χ0n) is 9.74. The van der Waals surface area contributed by atoms with Crippen molar-refractivity contribution in [3.8, 4) is 0 Å². The molecule has 0 aromatic heterocycles. The Bertz CT molecular complexity index is 633. The topological polar surface area (TPSA) is 17.1 Å². The average Bonchev–Trinajstić information content (AvgIpc) is 2.40. The van der Waals surface area contributed by atoms with Crippen LogP contribution in [0, 0.1) is 11.6 Å². The lowest BCUT2D eigenvalue weighted by molar-refractivity contribution is 0.104. The molecule has 2 aromatic carbocycles. The molecule has 0 amide bonds. The highest BCUT2D eigenvalue weighted by atomic mass is 35.5. The highest BCUT2D eigenvalue weighted by Crippen LogP contribution is 2.13. The van der Waals surface area contributed by atoms with Crippen LogP contribution in [0.3, 0.4) is 0 Å². The first-order chi connectivity index (χ1) is 9.06. The summed E-state index contributed by atoms with van der Waals surface area (Å²) in [6, 6.07) is 9.38. The highest BCUT2D eigenvalue weighted by molar-refractivity contribution is 6.30. The molecule has 0 aliphatic carbocycles. The third-order valence-corrected chi connectivity index (χ3v) is 2.75. The Labute approximate surface area is 114 Å². The molecule has 0 aliphatic rings. The largest absolute Gasteiger partial charge is 0.289 e. The molecule has 2 aromatic rings. The van der Waals surface area contributed by atoms with Crippen molar-refractivity contribution in [3.05, 3.63) is 76.3 Å². The van der Waals surface area contributed by atoms with Crippen molar-refractivity contribution in [1.82, 2.24) is 0 Å². The molecule has 0 saturated carbocycles. The van der Waals surface area contributed by atoms with Crippen LogP contribution in [0.1, 0.15) is 15.9 Å². The first-order valence-electron chi connectivity index (χ1n) is 5.49. The molecule has 96 valence electrons. The summed E-state index contributed by atoms with van der Waals surface area (Å²) in [5.74, 6) is -1.44. The zero-order chi connectivity index (χ0) is 13.8.